The van der Waals surface area contributed by atoms with Gasteiger partial charge in [0.2, 0.25) is 0 Å². The number of amides is 1. The molecule has 3 heterocycles. The first-order chi connectivity index (χ1) is 11.6. The SMILES string of the molecule is Cc1cnc(CC2CCCN(C(=O)c3ccncc3)C2)n1C(C)C. The van der Waals surface area contributed by atoms with E-state index in [1.54, 1.807) is 24.5 Å². The second-order valence-electron chi connectivity index (χ2n) is 6.98. The summed E-state index contributed by atoms with van der Waals surface area (Å²) in [5.41, 5.74) is 1.94. The Morgan fingerprint density at radius 1 is 1.33 bits per heavy atom. The third-order valence-corrected chi connectivity index (χ3v) is 4.78. The van der Waals surface area contributed by atoms with Crippen molar-refractivity contribution >= 4 is 5.91 Å². The highest BCUT2D eigenvalue weighted by atomic mass is 16.2. The Hall–Kier alpha value is -2.17. The number of carbonyl (C=O) groups excluding carboxylic acids is 1. The van der Waals surface area contributed by atoms with Crippen LogP contribution in [0.1, 0.15) is 54.6 Å². The number of rotatable bonds is 4. The van der Waals surface area contributed by atoms with Crippen LogP contribution in [0.4, 0.5) is 0 Å². The van der Waals surface area contributed by atoms with Crippen molar-refractivity contribution in [2.75, 3.05) is 13.1 Å². The van der Waals surface area contributed by atoms with Crippen LogP contribution in [-0.2, 0) is 6.42 Å². The van der Waals surface area contributed by atoms with Crippen LogP contribution in [0.3, 0.4) is 0 Å². The highest BCUT2D eigenvalue weighted by Gasteiger charge is 2.26. The third kappa shape index (κ3) is 3.50. The molecule has 1 aliphatic rings. The number of carbonyl (C=O) groups is 1. The van der Waals surface area contributed by atoms with Gasteiger partial charge in [-0.3, -0.25) is 9.78 Å². The van der Waals surface area contributed by atoms with E-state index < -0.39 is 0 Å². The normalized spacial score (nSPS) is 18.2. The molecule has 2 aromatic heterocycles. The Bertz CT molecular complexity index is 693. The van der Waals surface area contributed by atoms with Crippen molar-refractivity contribution in [3.05, 3.63) is 47.8 Å². The van der Waals surface area contributed by atoms with Crippen LogP contribution in [0.2, 0.25) is 0 Å². The molecule has 0 spiro atoms. The molecule has 2 aromatic rings. The second kappa shape index (κ2) is 7.16. The summed E-state index contributed by atoms with van der Waals surface area (Å²) < 4.78 is 2.31. The lowest BCUT2D eigenvalue weighted by atomic mass is 9.94. The number of aromatic nitrogens is 3. The second-order valence-corrected chi connectivity index (χ2v) is 6.98. The lowest BCUT2D eigenvalue weighted by Crippen LogP contribution is -2.40. The van der Waals surface area contributed by atoms with E-state index in [1.165, 1.54) is 5.69 Å². The summed E-state index contributed by atoms with van der Waals surface area (Å²) in [5.74, 6) is 1.74. The van der Waals surface area contributed by atoms with E-state index in [0.29, 0.717) is 12.0 Å². The monoisotopic (exact) mass is 326 g/mol. The van der Waals surface area contributed by atoms with Crippen molar-refractivity contribution in [3.63, 3.8) is 0 Å². The maximum absolute atomic E-state index is 12.7. The van der Waals surface area contributed by atoms with E-state index >= 15 is 0 Å². The first-order valence-electron chi connectivity index (χ1n) is 8.78. The zero-order valence-electron chi connectivity index (χ0n) is 14.8. The summed E-state index contributed by atoms with van der Waals surface area (Å²) in [6.07, 6.45) is 8.46. The Kier molecular flexibility index (Phi) is 4.97. The molecule has 5 nitrogen and oxygen atoms in total. The molecule has 1 atom stereocenters. The fourth-order valence-corrected chi connectivity index (χ4v) is 3.70. The number of hydrogen-bond acceptors (Lipinski definition) is 3. The molecule has 1 saturated heterocycles. The van der Waals surface area contributed by atoms with Crippen LogP contribution in [0.25, 0.3) is 0 Å². The summed E-state index contributed by atoms with van der Waals surface area (Å²) in [4.78, 5) is 23.2. The van der Waals surface area contributed by atoms with Crippen LogP contribution in [-0.4, -0.2) is 38.4 Å². The van der Waals surface area contributed by atoms with E-state index in [2.05, 4.69) is 35.3 Å². The molecule has 1 unspecified atom stereocenters. The number of aryl methyl sites for hydroxylation is 1. The van der Waals surface area contributed by atoms with E-state index in [4.69, 9.17) is 0 Å². The van der Waals surface area contributed by atoms with Gasteiger partial charge in [-0.15, -0.1) is 0 Å². The zero-order valence-corrected chi connectivity index (χ0v) is 14.8. The molecule has 1 fully saturated rings. The summed E-state index contributed by atoms with van der Waals surface area (Å²) in [6.45, 7) is 8.15. The van der Waals surface area contributed by atoms with Gasteiger partial charge in [-0.2, -0.15) is 0 Å². The van der Waals surface area contributed by atoms with Crippen LogP contribution in [0.5, 0.6) is 0 Å². The van der Waals surface area contributed by atoms with Crippen molar-refractivity contribution in [1.82, 2.24) is 19.4 Å². The number of hydrogen-bond donors (Lipinski definition) is 0. The molecule has 0 bridgehead atoms. The van der Waals surface area contributed by atoms with Crippen molar-refractivity contribution in [1.29, 1.82) is 0 Å². The highest BCUT2D eigenvalue weighted by molar-refractivity contribution is 5.94. The van der Waals surface area contributed by atoms with E-state index in [1.807, 2.05) is 11.1 Å². The van der Waals surface area contributed by atoms with Gasteiger partial charge in [0.15, 0.2) is 0 Å². The Balaban J connectivity index is 1.69. The summed E-state index contributed by atoms with van der Waals surface area (Å²) in [5, 5.41) is 0. The van der Waals surface area contributed by atoms with Crippen LogP contribution < -0.4 is 0 Å². The Morgan fingerprint density at radius 3 is 2.79 bits per heavy atom. The molecule has 0 radical (unpaired) electrons. The molecule has 3 rings (SSSR count). The van der Waals surface area contributed by atoms with Crippen molar-refractivity contribution in [2.24, 2.45) is 5.92 Å². The Labute approximate surface area is 143 Å². The van der Waals surface area contributed by atoms with Gasteiger partial charge in [0, 0.05) is 55.4 Å². The molecule has 1 aliphatic heterocycles. The van der Waals surface area contributed by atoms with E-state index in [0.717, 1.165) is 43.7 Å². The minimum absolute atomic E-state index is 0.116. The average Bonchev–Trinajstić information content (AvgIpc) is 2.96. The smallest absolute Gasteiger partial charge is 0.253 e. The standard InChI is InChI=1S/C19H26N4O/c1-14(2)23-15(3)12-21-18(23)11-16-5-4-10-22(13-16)19(24)17-6-8-20-9-7-17/h6-9,12,14,16H,4-5,10-11,13H2,1-3H3. The number of likely N-dealkylation sites (tertiary alicyclic amines) is 1. The molecule has 0 saturated carbocycles. The molecular formula is C19H26N4O. The zero-order chi connectivity index (χ0) is 17.1. The highest BCUT2D eigenvalue weighted by Crippen LogP contribution is 2.23. The van der Waals surface area contributed by atoms with Crippen LogP contribution >= 0.6 is 0 Å². The lowest BCUT2D eigenvalue weighted by Gasteiger charge is -2.33. The Morgan fingerprint density at radius 2 is 2.08 bits per heavy atom. The predicted octanol–water partition coefficient (Wildman–Crippen LogP) is 3.26. The van der Waals surface area contributed by atoms with Gasteiger partial charge < -0.3 is 9.47 Å². The van der Waals surface area contributed by atoms with Crippen molar-refractivity contribution in [3.8, 4) is 0 Å². The fraction of sp³-hybridized carbons (Fsp3) is 0.526. The van der Waals surface area contributed by atoms with E-state index in [9.17, 15) is 4.79 Å². The van der Waals surface area contributed by atoms with Crippen LogP contribution in [0, 0.1) is 12.8 Å². The summed E-state index contributed by atoms with van der Waals surface area (Å²) in [6, 6.07) is 4.00. The minimum atomic E-state index is 0.116. The van der Waals surface area contributed by atoms with Crippen molar-refractivity contribution in [2.45, 2.75) is 46.1 Å². The van der Waals surface area contributed by atoms with Gasteiger partial charge in [-0.25, -0.2) is 4.98 Å². The maximum Gasteiger partial charge on any atom is 0.253 e. The van der Waals surface area contributed by atoms with Crippen LogP contribution in [0.15, 0.2) is 30.7 Å². The van der Waals surface area contributed by atoms with Gasteiger partial charge in [-0.05, 0) is 51.7 Å². The van der Waals surface area contributed by atoms with Gasteiger partial charge in [0.05, 0.1) is 0 Å². The summed E-state index contributed by atoms with van der Waals surface area (Å²) in [7, 11) is 0. The largest absolute Gasteiger partial charge is 0.338 e. The van der Waals surface area contributed by atoms with Gasteiger partial charge in [0.1, 0.15) is 5.82 Å². The average molecular weight is 326 g/mol. The molecule has 0 N–H and O–H groups in total. The topological polar surface area (TPSA) is 51.0 Å². The molecule has 1 amide bonds. The third-order valence-electron chi connectivity index (χ3n) is 4.78. The fourth-order valence-electron chi connectivity index (χ4n) is 3.70. The number of pyridine rings is 1. The minimum Gasteiger partial charge on any atom is -0.338 e. The number of imidazole rings is 1. The molecular weight excluding hydrogens is 300 g/mol. The molecule has 128 valence electrons. The quantitative estimate of drug-likeness (QED) is 0.866. The van der Waals surface area contributed by atoms with Gasteiger partial charge in [-0.1, -0.05) is 0 Å². The summed E-state index contributed by atoms with van der Waals surface area (Å²) >= 11 is 0. The number of piperidine rings is 1. The predicted molar refractivity (Wildman–Crippen MR) is 93.9 cm³/mol. The van der Waals surface area contributed by atoms with Gasteiger partial charge in [0.25, 0.3) is 5.91 Å². The lowest BCUT2D eigenvalue weighted by molar-refractivity contribution is 0.0671. The van der Waals surface area contributed by atoms with Gasteiger partial charge >= 0.3 is 0 Å². The molecule has 24 heavy (non-hydrogen) atoms. The van der Waals surface area contributed by atoms with E-state index in [-0.39, 0.29) is 5.91 Å². The first kappa shape index (κ1) is 16.7. The van der Waals surface area contributed by atoms with Crippen molar-refractivity contribution < 1.29 is 4.79 Å². The maximum atomic E-state index is 12.7. The number of nitrogens with zero attached hydrogens (tertiary/aromatic N) is 4. The molecule has 5 heteroatoms. The molecule has 0 aromatic carbocycles. The molecule has 0 aliphatic carbocycles. The first-order valence-corrected chi connectivity index (χ1v) is 8.78.